The van der Waals surface area contributed by atoms with Gasteiger partial charge in [-0.05, 0) is 70.8 Å². The molecule has 11 nitrogen and oxygen atoms in total. The summed E-state index contributed by atoms with van der Waals surface area (Å²) in [6.45, 7) is 8.24. The van der Waals surface area contributed by atoms with Crippen LogP contribution in [0.3, 0.4) is 0 Å². The molecule has 2 fully saturated rings. The van der Waals surface area contributed by atoms with Crippen LogP contribution in [0.5, 0.6) is 6.01 Å². The van der Waals surface area contributed by atoms with E-state index < -0.39 is 0 Å². The van der Waals surface area contributed by atoms with Gasteiger partial charge in [0.05, 0.1) is 6.20 Å². The van der Waals surface area contributed by atoms with E-state index >= 15 is 0 Å². The van der Waals surface area contributed by atoms with E-state index in [-0.39, 0.29) is 29.6 Å². The Hall–Kier alpha value is -3.83. The standard InChI is InChI=1S/C33H46N8O3/c1-23(2)28-21-34-41-31(28)36-33(44-27-13-17-39(5)18-14-27)37-32(41)35-26-11-6-10-25(20-26)29(42)19-24-9-7-16-40(22-24)30(43)12-8-15-38(3)4/h6,8,10-12,20-21,23-24,27H,7,9,13-19,22H2,1-5H3,(H,35,36,37)/b12-8+. The number of ether oxygens (including phenoxy) is 1. The summed E-state index contributed by atoms with van der Waals surface area (Å²) in [6.07, 6.45) is 9.52. The molecule has 1 unspecified atom stereocenters. The van der Waals surface area contributed by atoms with Crippen LogP contribution in [0.15, 0.2) is 42.6 Å². The number of piperidine rings is 2. The van der Waals surface area contributed by atoms with E-state index in [9.17, 15) is 9.59 Å². The van der Waals surface area contributed by atoms with Crippen molar-refractivity contribution in [3.05, 3.63) is 53.7 Å². The molecular weight excluding hydrogens is 556 g/mol. The van der Waals surface area contributed by atoms with E-state index in [0.717, 1.165) is 63.1 Å². The number of Topliss-reactive ketones (excluding diaryl/α,β-unsaturated/α-hetero) is 1. The summed E-state index contributed by atoms with van der Waals surface area (Å²) in [6, 6.07) is 7.82. The van der Waals surface area contributed by atoms with Gasteiger partial charge in [-0.3, -0.25) is 9.59 Å². The molecule has 0 radical (unpaired) electrons. The van der Waals surface area contributed by atoms with Crippen LogP contribution in [0.4, 0.5) is 11.6 Å². The second kappa shape index (κ2) is 14.3. The third kappa shape index (κ3) is 8.00. The molecule has 2 aliphatic heterocycles. The zero-order valence-corrected chi connectivity index (χ0v) is 26.7. The van der Waals surface area contributed by atoms with Crippen molar-refractivity contribution in [3.63, 3.8) is 0 Å². The number of rotatable bonds is 11. The van der Waals surface area contributed by atoms with Gasteiger partial charge in [-0.1, -0.05) is 32.1 Å². The molecule has 0 spiro atoms. The van der Waals surface area contributed by atoms with Crippen LogP contribution in [0.2, 0.25) is 0 Å². The number of carbonyl (C=O) groups is 2. The fourth-order valence-corrected chi connectivity index (χ4v) is 5.85. The molecule has 2 saturated heterocycles. The Balaban J connectivity index is 1.29. The predicted molar refractivity (Wildman–Crippen MR) is 172 cm³/mol. The molecule has 1 aromatic carbocycles. The highest BCUT2D eigenvalue weighted by Crippen LogP contribution is 2.27. The largest absolute Gasteiger partial charge is 0.460 e. The number of hydrogen-bond acceptors (Lipinski definition) is 9. The highest BCUT2D eigenvalue weighted by molar-refractivity contribution is 5.97. The van der Waals surface area contributed by atoms with Crippen molar-refractivity contribution in [2.75, 3.05) is 59.2 Å². The number of amides is 1. The molecule has 3 aromatic rings. The van der Waals surface area contributed by atoms with Gasteiger partial charge in [-0.25, -0.2) is 0 Å². The first kappa shape index (κ1) is 31.6. The smallest absolute Gasteiger partial charge is 0.322 e. The number of nitrogens with zero attached hydrogens (tertiary/aromatic N) is 7. The molecule has 1 atom stereocenters. The first-order valence-electron chi connectivity index (χ1n) is 15.8. The fraction of sp³-hybridized carbons (Fsp3) is 0.545. The average molecular weight is 603 g/mol. The van der Waals surface area contributed by atoms with Crippen molar-refractivity contribution in [1.29, 1.82) is 0 Å². The van der Waals surface area contributed by atoms with Crippen LogP contribution in [-0.4, -0.2) is 106 Å². The number of likely N-dealkylation sites (N-methyl/N-ethyl adjacent to an activating group) is 1. The molecule has 11 heteroatoms. The Labute approximate surface area is 260 Å². The molecule has 44 heavy (non-hydrogen) atoms. The summed E-state index contributed by atoms with van der Waals surface area (Å²) in [4.78, 5) is 41.7. The van der Waals surface area contributed by atoms with Crippen LogP contribution in [0.1, 0.15) is 67.8 Å². The van der Waals surface area contributed by atoms with Crippen LogP contribution in [0, 0.1) is 5.92 Å². The van der Waals surface area contributed by atoms with Gasteiger partial charge >= 0.3 is 6.01 Å². The molecule has 4 heterocycles. The van der Waals surface area contributed by atoms with E-state index in [2.05, 4.69) is 36.2 Å². The second-order valence-electron chi connectivity index (χ2n) is 12.7. The summed E-state index contributed by atoms with van der Waals surface area (Å²) in [5, 5.41) is 7.95. The summed E-state index contributed by atoms with van der Waals surface area (Å²) in [7, 11) is 6.07. The lowest BCUT2D eigenvalue weighted by Gasteiger charge is -2.32. The lowest BCUT2D eigenvalue weighted by molar-refractivity contribution is -0.127. The van der Waals surface area contributed by atoms with Crippen LogP contribution < -0.4 is 10.1 Å². The molecule has 1 N–H and O–H groups in total. The number of benzene rings is 1. The Morgan fingerprint density at radius 2 is 1.93 bits per heavy atom. The zero-order valence-electron chi connectivity index (χ0n) is 26.7. The van der Waals surface area contributed by atoms with Gasteiger partial charge in [0.25, 0.3) is 0 Å². The summed E-state index contributed by atoms with van der Waals surface area (Å²) >= 11 is 0. The first-order chi connectivity index (χ1) is 21.2. The van der Waals surface area contributed by atoms with Crippen molar-refractivity contribution in [2.45, 2.75) is 58.0 Å². The summed E-state index contributed by atoms with van der Waals surface area (Å²) < 4.78 is 7.98. The maximum Gasteiger partial charge on any atom is 0.322 e. The van der Waals surface area contributed by atoms with Crippen molar-refractivity contribution in [1.82, 2.24) is 34.3 Å². The number of likely N-dealkylation sites (tertiary alicyclic amines) is 2. The fourth-order valence-electron chi connectivity index (χ4n) is 5.85. The molecule has 0 aliphatic carbocycles. The van der Waals surface area contributed by atoms with Crippen LogP contribution in [0.25, 0.3) is 5.65 Å². The number of nitrogens with one attached hydrogen (secondary N) is 1. The molecule has 0 bridgehead atoms. The SMILES string of the molecule is CC(C)c1cnn2c(Nc3cccc(C(=O)CC4CCCN(C(=O)/C=C/CN(C)C)C4)c3)nc(OC3CCN(C)CC3)nc12. The molecule has 2 aliphatic rings. The quantitative estimate of drug-likeness (QED) is 0.253. The number of ketones is 1. The van der Waals surface area contributed by atoms with E-state index in [0.29, 0.717) is 36.1 Å². The minimum atomic E-state index is 0.0183. The number of aromatic nitrogens is 4. The van der Waals surface area contributed by atoms with Crippen LogP contribution in [-0.2, 0) is 4.79 Å². The van der Waals surface area contributed by atoms with Crippen molar-refractivity contribution >= 4 is 29.0 Å². The van der Waals surface area contributed by atoms with Gasteiger partial charge in [0.15, 0.2) is 11.4 Å². The monoisotopic (exact) mass is 602 g/mol. The maximum atomic E-state index is 13.4. The minimum Gasteiger partial charge on any atom is -0.460 e. The Morgan fingerprint density at radius 3 is 2.68 bits per heavy atom. The van der Waals surface area contributed by atoms with Gasteiger partial charge in [-0.2, -0.15) is 19.6 Å². The third-order valence-corrected chi connectivity index (χ3v) is 8.41. The van der Waals surface area contributed by atoms with Gasteiger partial charge in [0, 0.05) is 62.0 Å². The highest BCUT2D eigenvalue weighted by atomic mass is 16.5. The Kier molecular flexibility index (Phi) is 10.3. The summed E-state index contributed by atoms with van der Waals surface area (Å²) in [5.74, 6) is 0.935. The average Bonchev–Trinajstić information content (AvgIpc) is 3.43. The van der Waals surface area contributed by atoms with Crippen molar-refractivity contribution in [3.8, 4) is 6.01 Å². The van der Waals surface area contributed by atoms with Gasteiger partial charge in [0.2, 0.25) is 11.9 Å². The first-order valence-corrected chi connectivity index (χ1v) is 15.8. The van der Waals surface area contributed by atoms with Crippen molar-refractivity contribution < 1.29 is 14.3 Å². The molecule has 1 amide bonds. The molecule has 0 saturated carbocycles. The molecular formula is C33H46N8O3. The van der Waals surface area contributed by atoms with Gasteiger partial charge in [0.1, 0.15) is 6.10 Å². The number of carbonyl (C=O) groups excluding carboxylic acids is 2. The van der Waals surface area contributed by atoms with Crippen LogP contribution >= 0.6 is 0 Å². The van der Waals surface area contributed by atoms with E-state index in [4.69, 9.17) is 14.7 Å². The minimum absolute atomic E-state index is 0.0183. The topological polar surface area (TPSA) is 108 Å². The molecule has 236 valence electrons. The van der Waals surface area contributed by atoms with E-state index in [1.165, 1.54) is 0 Å². The van der Waals surface area contributed by atoms with Gasteiger partial charge < -0.3 is 24.8 Å². The van der Waals surface area contributed by atoms with E-state index in [1.54, 1.807) is 10.6 Å². The summed E-state index contributed by atoms with van der Waals surface area (Å²) in [5.41, 5.74) is 3.08. The Morgan fingerprint density at radius 1 is 1.14 bits per heavy atom. The predicted octanol–water partition coefficient (Wildman–Crippen LogP) is 4.39. The normalized spacial score (nSPS) is 18.5. The zero-order chi connectivity index (χ0) is 31.2. The number of anilines is 2. The molecule has 5 rings (SSSR count). The van der Waals surface area contributed by atoms with Crippen molar-refractivity contribution in [2.24, 2.45) is 5.92 Å². The van der Waals surface area contributed by atoms with Gasteiger partial charge in [-0.15, -0.1) is 0 Å². The second-order valence-corrected chi connectivity index (χ2v) is 12.7. The Bertz CT molecular complexity index is 1470. The number of fused-ring (bicyclic) bond motifs is 1. The maximum absolute atomic E-state index is 13.4. The van der Waals surface area contributed by atoms with E-state index in [1.807, 2.05) is 60.4 Å². The lowest BCUT2D eigenvalue weighted by atomic mass is 9.90. The third-order valence-electron chi connectivity index (χ3n) is 8.41. The molecule has 2 aromatic heterocycles. The highest BCUT2D eigenvalue weighted by Gasteiger charge is 2.25. The number of hydrogen-bond donors (Lipinski definition) is 1. The lowest BCUT2D eigenvalue weighted by Crippen LogP contribution is -2.39.